The zero-order chi connectivity index (χ0) is 25.6. The van der Waals surface area contributed by atoms with E-state index in [9.17, 15) is 14.4 Å². The van der Waals surface area contributed by atoms with Crippen LogP contribution in [0.25, 0.3) is 11.2 Å². The zero-order valence-electron chi connectivity index (χ0n) is 20.2. The van der Waals surface area contributed by atoms with Crippen molar-refractivity contribution in [3.63, 3.8) is 0 Å². The summed E-state index contributed by atoms with van der Waals surface area (Å²) < 4.78 is 24.5. The third-order valence-corrected chi connectivity index (χ3v) is 7.55. The van der Waals surface area contributed by atoms with Gasteiger partial charge in [0.05, 0.1) is 6.33 Å². The normalized spacial score (nSPS) is 30.9. The van der Waals surface area contributed by atoms with Crippen LogP contribution in [0.3, 0.4) is 0 Å². The fourth-order valence-corrected chi connectivity index (χ4v) is 6.16. The number of rotatable bonds is 7. The number of carbonyl (C=O) groups excluding carboxylic acids is 3. The van der Waals surface area contributed by atoms with Crippen LogP contribution in [-0.2, 0) is 33.3 Å². The molecule has 3 aliphatic rings. The van der Waals surface area contributed by atoms with Gasteiger partial charge in [-0.1, -0.05) is 6.42 Å². The highest BCUT2D eigenvalue weighted by Crippen LogP contribution is 2.46. The highest BCUT2D eigenvalue weighted by Gasteiger charge is 2.51. The van der Waals surface area contributed by atoms with E-state index in [1.165, 1.54) is 40.0 Å². The number of aromatic nitrogens is 4. The Kier molecular flexibility index (Phi) is 7.03. The molecule has 0 radical (unpaired) electrons. The van der Waals surface area contributed by atoms with Gasteiger partial charge in [0.15, 0.2) is 39.2 Å². The van der Waals surface area contributed by atoms with Crippen molar-refractivity contribution in [2.24, 2.45) is 11.8 Å². The average molecular weight is 613 g/mol. The number of hydrogen-bond donors (Lipinski definition) is 1. The van der Waals surface area contributed by atoms with E-state index in [0.29, 0.717) is 32.8 Å². The van der Waals surface area contributed by atoms with Crippen LogP contribution < -0.4 is 5.32 Å². The topological polar surface area (TPSA) is 144 Å². The van der Waals surface area contributed by atoms with Crippen molar-refractivity contribution >= 4 is 57.5 Å². The first kappa shape index (κ1) is 25.1. The first-order valence-electron chi connectivity index (χ1n) is 12.0. The van der Waals surface area contributed by atoms with Gasteiger partial charge in [0.25, 0.3) is 0 Å². The Morgan fingerprint density at radius 3 is 2.47 bits per heavy atom. The van der Waals surface area contributed by atoms with Crippen LogP contribution in [0.5, 0.6) is 0 Å². The number of carbonyl (C=O) groups is 3. The van der Waals surface area contributed by atoms with Gasteiger partial charge in [0.1, 0.15) is 12.7 Å². The van der Waals surface area contributed by atoms with Gasteiger partial charge in [-0.3, -0.25) is 19.0 Å². The van der Waals surface area contributed by atoms with E-state index < -0.39 is 42.4 Å². The van der Waals surface area contributed by atoms with Gasteiger partial charge in [-0.15, -0.1) is 0 Å². The Morgan fingerprint density at radius 1 is 1.08 bits per heavy atom. The number of nitrogens with one attached hydrogen (secondary N) is 1. The molecule has 36 heavy (non-hydrogen) atoms. The van der Waals surface area contributed by atoms with Crippen LogP contribution in [0, 0.1) is 15.7 Å². The summed E-state index contributed by atoms with van der Waals surface area (Å²) >= 11 is 2.05. The van der Waals surface area contributed by atoms with Gasteiger partial charge in [0, 0.05) is 49.4 Å². The molecule has 2 aliphatic carbocycles. The maximum atomic E-state index is 12.0. The molecule has 2 saturated carbocycles. The van der Waals surface area contributed by atoms with Gasteiger partial charge in [-0.2, -0.15) is 0 Å². The van der Waals surface area contributed by atoms with Crippen molar-refractivity contribution < 1.29 is 33.3 Å². The second kappa shape index (κ2) is 10.1. The quantitative estimate of drug-likeness (QED) is 0.213. The first-order valence-corrected chi connectivity index (χ1v) is 13.1. The molecule has 2 aromatic rings. The molecular formula is C23H28IN5O7. The van der Waals surface area contributed by atoms with E-state index in [-0.39, 0.29) is 6.61 Å². The summed E-state index contributed by atoms with van der Waals surface area (Å²) in [7, 11) is 0. The third kappa shape index (κ3) is 4.99. The van der Waals surface area contributed by atoms with E-state index >= 15 is 0 Å². The molecule has 2 bridgehead atoms. The lowest BCUT2D eigenvalue weighted by Gasteiger charge is -2.24. The van der Waals surface area contributed by atoms with Crippen LogP contribution in [0.15, 0.2) is 6.33 Å². The number of halogens is 1. The summed E-state index contributed by atoms with van der Waals surface area (Å²) in [6, 6.07) is 0.348. The molecule has 3 heterocycles. The summed E-state index contributed by atoms with van der Waals surface area (Å²) in [6.07, 6.45) is 2.63. The number of imidazole rings is 1. The minimum atomic E-state index is -1.01. The molecule has 5 rings (SSSR count). The molecule has 1 aliphatic heterocycles. The predicted molar refractivity (Wildman–Crippen MR) is 133 cm³/mol. The Balaban J connectivity index is 1.49. The molecule has 1 saturated heterocycles. The van der Waals surface area contributed by atoms with E-state index in [1.54, 1.807) is 10.9 Å². The summed E-state index contributed by atoms with van der Waals surface area (Å²) in [5.74, 6) is 0.378. The number of anilines is 1. The number of nitrogens with zero attached hydrogens (tertiary/aromatic N) is 4. The largest absolute Gasteiger partial charge is 0.463 e. The van der Waals surface area contributed by atoms with Crippen molar-refractivity contribution in [2.45, 2.75) is 77.0 Å². The Hall–Kier alpha value is -2.55. The summed E-state index contributed by atoms with van der Waals surface area (Å²) in [4.78, 5) is 49.0. The van der Waals surface area contributed by atoms with Crippen LogP contribution in [0.4, 0.5) is 5.82 Å². The number of ether oxygens (including phenoxy) is 4. The molecule has 2 aromatic heterocycles. The summed E-state index contributed by atoms with van der Waals surface area (Å²) in [5, 5.41) is 3.60. The molecule has 3 unspecified atom stereocenters. The second-order valence-corrected chi connectivity index (χ2v) is 10.6. The second-order valence-electron chi connectivity index (χ2n) is 9.61. The Labute approximate surface area is 220 Å². The standard InChI is InChI=1S/C23H28IN5O7/c1-10(30)33-8-16-18(34-11(2)31)19(35-12(3)32)22(36-16)29-9-25-17-20(27-23(24)28-21(17)29)26-15-7-13-4-5-14(15)6-13/h9,13-16,18-19,22H,4-8H2,1-3H3,(H,26,27,28)/t13?,14?,15?,16-,18-,19-,22-/m1/s1. The summed E-state index contributed by atoms with van der Waals surface area (Å²) in [5.41, 5.74) is 1.05. The van der Waals surface area contributed by atoms with Crippen LogP contribution in [-0.4, -0.2) is 68.4 Å². The van der Waals surface area contributed by atoms with Crippen LogP contribution in [0.2, 0.25) is 0 Å². The minimum absolute atomic E-state index is 0.183. The smallest absolute Gasteiger partial charge is 0.303 e. The van der Waals surface area contributed by atoms with Crippen molar-refractivity contribution in [1.29, 1.82) is 0 Å². The van der Waals surface area contributed by atoms with E-state index in [0.717, 1.165) is 12.3 Å². The summed E-state index contributed by atoms with van der Waals surface area (Å²) in [6.45, 7) is 3.59. The Bertz CT molecular complexity index is 1190. The molecule has 1 N–H and O–H groups in total. The first-order chi connectivity index (χ1) is 17.2. The molecule has 0 spiro atoms. The molecule has 194 valence electrons. The predicted octanol–water partition coefficient (Wildman–Crippen LogP) is 2.36. The van der Waals surface area contributed by atoms with Gasteiger partial charge < -0.3 is 24.3 Å². The van der Waals surface area contributed by atoms with Gasteiger partial charge in [-0.25, -0.2) is 15.0 Å². The minimum Gasteiger partial charge on any atom is -0.463 e. The highest BCUT2D eigenvalue weighted by atomic mass is 127. The van der Waals surface area contributed by atoms with Gasteiger partial charge in [0.2, 0.25) is 0 Å². The van der Waals surface area contributed by atoms with E-state index in [1.807, 2.05) is 0 Å². The van der Waals surface area contributed by atoms with Crippen molar-refractivity contribution in [2.75, 3.05) is 11.9 Å². The van der Waals surface area contributed by atoms with Crippen molar-refractivity contribution in [3.8, 4) is 0 Å². The number of esters is 3. The highest BCUT2D eigenvalue weighted by molar-refractivity contribution is 14.1. The molecule has 0 aromatic carbocycles. The zero-order valence-corrected chi connectivity index (χ0v) is 22.3. The lowest BCUT2D eigenvalue weighted by Crippen LogP contribution is -2.40. The number of fused-ring (bicyclic) bond motifs is 3. The maximum absolute atomic E-state index is 12.0. The molecular weight excluding hydrogens is 585 g/mol. The average Bonchev–Trinajstić information content (AvgIpc) is 3.56. The molecule has 13 heteroatoms. The number of hydrogen-bond acceptors (Lipinski definition) is 11. The molecule has 0 amide bonds. The SMILES string of the molecule is CC(=O)OC[C@H]1O[C@@H](n2cnc3c(NC4CC5CCC4C5)nc(I)nc32)[C@H](OC(C)=O)[C@@H]1OC(C)=O. The van der Waals surface area contributed by atoms with Crippen LogP contribution >= 0.6 is 22.6 Å². The van der Waals surface area contributed by atoms with Gasteiger partial charge in [-0.05, 0) is 31.1 Å². The monoisotopic (exact) mass is 613 g/mol. The van der Waals surface area contributed by atoms with E-state index in [4.69, 9.17) is 18.9 Å². The van der Waals surface area contributed by atoms with Crippen molar-refractivity contribution in [3.05, 3.63) is 10.2 Å². The fraction of sp³-hybridized carbons (Fsp3) is 0.652. The lowest BCUT2D eigenvalue weighted by atomic mass is 9.95. The molecule has 3 fully saturated rings. The fourth-order valence-electron chi connectivity index (χ4n) is 5.69. The molecule has 12 nitrogen and oxygen atoms in total. The lowest BCUT2D eigenvalue weighted by molar-refractivity contribution is -0.166. The van der Waals surface area contributed by atoms with E-state index in [2.05, 4.69) is 42.9 Å². The third-order valence-electron chi connectivity index (χ3n) is 7.07. The maximum Gasteiger partial charge on any atom is 0.303 e. The molecule has 7 atom stereocenters. The van der Waals surface area contributed by atoms with Crippen molar-refractivity contribution in [1.82, 2.24) is 19.5 Å². The Morgan fingerprint density at radius 2 is 1.83 bits per heavy atom. The van der Waals surface area contributed by atoms with Gasteiger partial charge >= 0.3 is 17.9 Å². The van der Waals surface area contributed by atoms with Crippen LogP contribution in [0.1, 0.15) is 52.7 Å².